The van der Waals surface area contributed by atoms with Gasteiger partial charge in [0, 0.05) is 0 Å². The predicted molar refractivity (Wildman–Crippen MR) is 132 cm³/mol. The topological polar surface area (TPSA) is 84.9 Å². The van der Waals surface area contributed by atoms with Gasteiger partial charge in [-0.05, 0) is 47.4 Å². The molecular formula is C27H23ClN2O5. The van der Waals surface area contributed by atoms with E-state index < -0.39 is 17.8 Å². The van der Waals surface area contributed by atoms with Crippen LogP contribution in [-0.2, 0) is 22.7 Å². The van der Waals surface area contributed by atoms with Crippen molar-refractivity contribution in [2.75, 3.05) is 7.11 Å². The van der Waals surface area contributed by atoms with Gasteiger partial charge in [-0.3, -0.25) is 19.8 Å². The molecule has 1 saturated heterocycles. The summed E-state index contributed by atoms with van der Waals surface area (Å²) in [6.45, 7) is 2.32. The number of imide groups is 2. The highest BCUT2D eigenvalue weighted by molar-refractivity contribution is 6.33. The molecule has 1 aliphatic rings. The molecular weight excluding hydrogens is 468 g/mol. The van der Waals surface area contributed by atoms with E-state index in [0.29, 0.717) is 23.7 Å². The highest BCUT2D eigenvalue weighted by Crippen LogP contribution is 2.38. The van der Waals surface area contributed by atoms with Crippen molar-refractivity contribution in [2.24, 2.45) is 0 Å². The number of carbonyl (C=O) groups is 3. The molecule has 0 aliphatic carbocycles. The fourth-order valence-electron chi connectivity index (χ4n) is 3.66. The van der Waals surface area contributed by atoms with Crippen molar-refractivity contribution < 1.29 is 23.9 Å². The fourth-order valence-corrected chi connectivity index (χ4v) is 3.93. The Morgan fingerprint density at radius 2 is 1.71 bits per heavy atom. The molecule has 0 bridgehead atoms. The summed E-state index contributed by atoms with van der Waals surface area (Å²) in [5, 5.41) is 2.47. The van der Waals surface area contributed by atoms with Crippen molar-refractivity contribution in [3.8, 4) is 11.5 Å². The number of nitrogens with one attached hydrogen (secondary N) is 1. The van der Waals surface area contributed by atoms with Gasteiger partial charge in [0.2, 0.25) is 0 Å². The summed E-state index contributed by atoms with van der Waals surface area (Å²) in [4.78, 5) is 38.8. The van der Waals surface area contributed by atoms with E-state index in [1.807, 2.05) is 37.3 Å². The summed E-state index contributed by atoms with van der Waals surface area (Å²) >= 11 is 6.48. The van der Waals surface area contributed by atoms with Crippen LogP contribution in [0.15, 0.2) is 72.3 Å². The second kappa shape index (κ2) is 10.4. The number of halogens is 1. The molecule has 1 aliphatic heterocycles. The molecule has 1 heterocycles. The van der Waals surface area contributed by atoms with E-state index in [2.05, 4.69) is 5.32 Å². The van der Waals surface area contributed by atoms with Crippen molar-refractivity contribution in [2.45, 2.75) is 20.1 Å². The Hall–Kier alpha value is -4.10. The monoisotopic (exact) mass is 490 g/mol. The van der Waals surface area contributed by atoms with Crippen LogP contribution in [0.3, 0.4) is 0 Å². The standard InChI is InChI=1S/C27H23ClN2O5/c1-17-8-6-7-11-20(17)16-35-24-22(28)13-19(14-23(24)34-2)12-21-25(31)29-27(33)30(26(21)32)15-18-9-4-3-5-10-18/h3-14H,15-16H2,1-2H3,(H,29,31,33)/b21-12+. The lowest BCUT2D eigenvalue weighted by Crippen LogP contribution is -2.53. The SMILES string of the molecule is COc1cc(/C=C2\C(=O)NC(=O)N(Cc3ccccc3)C2=O)cc(Cl)c1OCc1ccccc1C. The van der Waals surface area contributed by atoms with E-state index in [4.69, 9.17) is 21.1 Å². The molecule has 3 aromatic rings. The maximum absolute atomic E-state index is 13.0. The Labute approximate surface area is 207 Å². The molecule has 4 rings (SSSR count). The minimum absolute atomic E-state index is 0.0336. The lowest BCUT2D eigenvalue weighted by atomic mass is 10.1. The molecule has 1 N–H and O–H groups in total. The first kappa shape index (κ1) is 24.0. The smallest absolute Gasteiger partial charge is 0.331 e. The van der Waals surface area contributed by atoms with Gasteiger partial charge in [0.05, 0.1) is 18.7 Å². The van der Waals surface area contributed by atoms with Crippen molar-refractivity contribution in [3.63, 3.8) is 0 Å². The molecule has 0 radical (unpaired) electrons. The van der Waals surface area contributed by atoms with Crippen molar-refractivity contribution >= 4 is 35.5 Å². The second-order valence-electron chi connectivity index (χ2n) is 7.94. The Morgan fingerprint density at radius 3 is 2.43 bits per heavy atom. The first-order valence-corrected chi connectivity index (χ1v) is 11.2. The van der Waals surface area contributed by atoms with Crippen LogP contribution in [0.25, 0.3) is 6.08 Å². The number of methoxy groups -OCH3 is 1. The van der Waals surface area contributed by atoms with Crippen LogP contribution in [0, 0.1) is 6.92 Å². The van der Waals surface area contributed by atoms with Gasteiger partial charge in [0.25, 0.3) is 11.8 Å². The predicted octanol–water partition coefficient (Wildman–Crippen LogP) is 4.90. The molecule has 0 atom stereocenters. The molecule has 178 valence electrons. The van der Waals surface area contributed by atoms with Gasteiger partial charge in [-0.15, -0.1) is 0 Å². The number of hydrogen-bond acceptors (Lipinski definition) is 5. The molecule has 0 aromatic heterocycles. The van der Waals surface area contributed by atoms with E-state index in [1.165, 1.54) is 13.2 Å². The van der Waals surface area contributed by atoms with Crippen LogP contribution in [0.5, 0.6) is 11.5 Å². The lowest BCUT2D eigenvalue weighted by molar-refractivity contribution is -0.130. The minimum Gasteiger partial charge on any atom is -0.493 e. The first-order valence-electron chi connectivity index (χ1n) is 10.8. The molecule has 4 amide bonds. The summed E-state index contributed by atoms with van der Waals surface area (Å²) in [7, 11) is 1.47. The minimum atomic E-state index is -0.778. The van der Waals surface area contributed by atoms with Gasteiger partial charge in [-0.25, -0.2) is 4.79 Å². The molecule has 35 heavy (non-hydrogen) atoms. The van der Waals surface area contributed by atoms with Gasteiger partial charge in [0.1, 0.15) is 12.2 Å². The summed E-state index contributed by atoms with van der Waals surface area (Å²) in [6, 6.07) is 19.3. The van der Waals surface area contributed by atoms with Crippen molar-refractivity contribution in [3.05, 3.63) is 99.6 Å². The molecule has 3 aromatic carbocycles. The number of benzene rings is 3. The Kier molecular flexibility index (Phi) is 7.17. The highest BCUT2D eigenvalue weighted by Gasteiger charge is 2.35. The third-order valence-electron chi connectivity index (χ3n) is 5.57. The largest absolute Gasteiger partial charge is 0.493 e. The zero-order valence-electron chi connectivity index (χ0n) is 19.2. The number of urea groups is 1. The summed E-state index contributed by atoms with van der Waals surface area (Å²) in [5.74, 6) is -0.782. The van der Waals surface area contributed by atoms with E-state index in [9.17, 15) is 14.4 Å². The van der Waals surface area contributed by atoms with Gasteiger partial charge < -0.3 is 9.47 Å². The van der Waals surface area contributed by atoms with Crippen molar-refractivity contribution in [1.82, 2.24) is 10.2 Å². The van der Waals surface area contributed by atoms with Crippen LogP contribution in [0.1, 0.15) is 22.3 Å². The summed E-state index contributed by atoms with van der Waals surface area (Å²) < 4.78 is 11.4. The number of aryl methyl sites for hydroxylation is 1. The average Bonchev–Trinajstić information content (AvgIpc) is 2.85. The summed E-state index contributed by atoms with van der Waals surface area (Å²) in [6.07, 6.45) is 1.38. The number of carbonyl (C=O) groups excluding carboxylic acids is 3. The van der Waals surface area contributed by atoms with Crippen LogP contribution >= 0.6 is 11.6 Å². The van der Waals surface area contributed by atoms with Crippen LogP contribution in [0.2, 0.25) is 5.02 Å². The maximum Gasteiger partial charge on any atom is 0.331 e. The maximum atomic E-state index is 13.0. The number of hydrogen-bond donors (Lipinski definition) is 1. The fraction of sp³-hybridized carbons (Fsp3) is 0.148. The number of rotatable bonds is 7. The van der Waals surface area contributed by atoms with Gasteiger partial charge in [-0.2, -0.15) is 0 Å². The van der Waals surface area contributed by atoms with Crippen molar-refractivity contribution in [1.29, 1.82) is 0 Å². The van der Waals surface area contributed by atoms with Crippen LogP contribution < -0.4 is 14.8 Å². The highest BCUT2D eigenvalue weighted by atomic mass is 35.5. The Bertz CT molecular complexity index is 1320. The quantitative estimate of drug-likeness (QED) is 0.376. The van der Waals surface area contributed by atoms with Crippen LogP contribution in [0.4, 0.5) is 4.79 Å². The third kappa shape index (κ3) is 5.36. The Morgan fingerprint density at radius 1 is 1.00 bits per heavy atom. The molecule has 0 unspecified atom stereocenters. The van der Waals surface area contributed by atoms with Gasteiger partial charge in [-0.1, -0.05) is 66.2 Å². The molecule has 8 heteroatoms. The van der Waals surface area contributed by atoms with Gasteiger partial charge >= 0.3 is 6.03 Å². The zero-order valence-corrected chi connectivity index (χ0v) is 20.0. The normalized spacial score (nSPS) is 14.8. The number of amides is 4. The molecule has 7 nitrogen and oxygen atoms in total. The molecule has 1 fully saturated rings. The first-order chi connectivity index (χ1) is 16.9. The van der Waals surface area contributed by atoms with E-state index >= 15 is 0 Å². The molecule has 0 spiro atoms. The summed E-state index contributed by atoms with van der Waals surface area (Å²) in [5.41, 5.74) is 3.10. The van der Waals surface area contributed by atoms with E-state index in [0.717, 1.165) is 21.6 Å². The van der Waals surface area contributed by atoms with Gasteiger partial charge in [0.15, 0.2) is 11.5 Å². The van der Waals surface area contributed by atoms with Crippen LogP contribution in [-0.4, -0.2) is 29.9 Å². The zero-order chi connectivity index (χ0) is 24.9. The lowest BCUT2D eigenvalue weighted by Gasteiger charge is -2.26. The van der Waals surface area contributed by atoms with E-state index in [1.54, 1.807) is 36.4 Å². The molecule has 0 saturated carbocycles. The second-order valence-corrected chi connectivity index (χ2v) is 8.35. The Balaban J connectivity index is 1.60. The number of ether oxygens (including phenoxy) is 2. The number of nitrogens with zero attached hydrogens (tertiary/aromatic N) is 1. The number of barbiturate groups is 1. The third-order valence-corrected chi connectivity index (χ3v) is 5.85. The van der Waals surface area contributed by atoms with E-state index in [-0.39, 0.29) is 17.1 Å². The average molecular weight is 491 g/mol.